The van der Waals surface area contributed by atoms with E-state index in [1.807, 2.05) is 0 Å². The minimum Gasteiger partial charge on any atom is -0.481 e. The van der Waals surface area contributed by atoms with Gasteiger partial charge in [-0.15, -0.1) is 0 Å². The zero-order valence-electron chi connectivity index (χ0n) is 10.6. The minimum atomic E-state index is -0.967. The first-order valence-corrected chi connectivity index (χ1v) is 5.85. The Morgan fingerprint density at radius 3 is 2.68 bits per heavy atom. The summed E-state index contributed by atoms with van der Waals surface area (Å²) in [5, 5.41) is 11.0. The molecule has 19 heavy (non-hydrogen) atoms. The molecule has 0 bridgehead atoms. The molecule has 0 spiro atoms. The fourth-order valence-corrected chi connectivity index (χ4v) is 1.45. The van der Waals surface area contributed by atoms with Crippen LogP contribution in [0.1, 0.15) is 23.9 Å². The minimum absolute atomic E-state index is 0.119. The molecular weight excluding hydrogens is 252 g/mol. The number of carboxylic acid groups (broad SMARTS) is 1. The third-order valence-electron chi connectivity index (χ3n) is 2.48. The van der Waals surface area contributed by atoms with E-state index in [1.165, 1.54) is 17.2 Å². The first-order chi connectivity index (χ1) is 9.04. The SMILES string of the molecule is CCN(CCC(=O)O)C(=O)CNC(=O)c1ccco1. The number of aliphatic carboxylic acids is 1. The predicted octanol–water partition coefficient (Wildman–Crippen LogP) is 0.333. The van der Waals surface area contributed by atoms with Crippen LogP contribution in [-0.4, -0.2) is 47.4 Å². The van der Waals surface area contributed by atoms with Gasteiger partial charge in [0, 0.05) is 13.1 Å². The molecule has 0 aliphatic carbocycles. The molecule has 2 N–H and O–H groups in total. The fraction of sp³-hybridized carbons (Fsp3) is 0.417. The van der Waals surface area contributed by atoms with E-state index < -0.39 is 11.9 Å². The van der Waals surface area contributed by atoms with Gasteiger partial charge in [0.05, 0.1) is 19.2 Å². The number of nitrogens with one attached hydrogen (secondary N) is 1. The molecule has 1 aromatic heterocycles. The smallest absolute Gasteiger partial charge is 0.305 e. The molecule has 104 valence electrons. The first-order valence-electron chi connectivity index (χ1n) is 5.85. The van der Waals surface area contributed by atoms with Gasteiger partial charge in [0.1, 0.15) is 0 Å². The number of carbonyl (C=O) groups excluding carboxylic acids is 2. The molecule has 0 aliphatic rings. The lowest BCUT2D eigenvalue weighted by atomic mass is 10.3. The summed E-state index contributed by atoms with van der Waals surface area (Å²) in [6, 6.07) is 3.06. The summed E-state index contributed by atoms with van der Waals surface area (Å²) >= 11 is 0. The molecule has 2 amide bonds. The van der Waals surface area contributed by atoms with Gasteiger partial charge >= 0.3 is 5.97 Å². The van der Waals surface area contributed by atoms with Crippen LogP contribution in [0.5, 0.6) is 0 Å². The zero-order chi connectivity index (χ0) is 14.3. The van der Waals surface area contributed by atoms with Crippen LogP contribution in [0.25, 0.3) is 0 Å². The van der Waals surface area contributed by atoms with Crippen molar-refractivity contribution in [1.29, 1.82) is 0 Å². The van der Waals surface area contributed by atoms with Crippen LogP contribution in [0.15, 0.2) is 22.8 Å². The number of carbonyl (C=O) groups is 3. The van der Waals surface area contributed by atoms with Crippen molar-refractivity contribution in [1.82, 2.24) is 10.2 Å². The molecule has 7 heteroatoms. The van der Waals surface area contributed by atoms with Crippen LogP contribution in [0, 0.1) is 0 Å². The van der Waals surface area contributed by atoms with E-state index in [-0.39, 0.29) is 31.2 Å². The number of nitrogens with zero attached hydrogens (tertiary/aromatic N) is 1. The molecule has 1 rings (SSSR count). The molecule has 1 heterocycles. The van der Waals surface area contributed by atoms with Gasteiger partial charge in [0.25, 0.3) is 5.91 Å². The van der Waals surface area contributed by atoms with Gasteiger partial charge in [-0.05, 0) is 19.1 Å². The second-order valence-corrected chi connectivity index (χ2v) is 3.78. The van der Waals surface area contributed by atoms with Gasteiger partial charge in [-0.25, -0.2) is 0 Å². The molecule has 0 saturated carbocycles. The van der Waals surface area contributed by atoms with Crippen molar-refractivity contribution >= 4 is 17.8 Å². The van der Waals surface area contributed by atoms with Gasteiger partial charge in [-0.3, -0.25) is 14.4 Å². The molecule has 0 aliphatic heterocycles. The van der Waals surface area contributed by atoms with Gasteiger partial charge < -0.3 is 19.7 Å². The topological polar surface area (TPSA) is 99.9 Å². The summed E-state index contributed by atoms with van der Waals surface area (Å²) in [6.45, 7) is 2.07. The van der Waals surface area contributed by atoms with Crippen LogP contribution in [0.3, 0.4) is 0 Å². The lowest BCUT2D eigenvalue weighted by Crippen LogP contribution is -2.41. The Hall–Kier alpha value is -2.31. The largest absolute Gasteiger partial charge is 0.481 e. The lowest BCUT2D eigenvalue weighted by Gasteiger charge is -2.19. The standard InChI is InChI=1S/C12H16N2O5/c1-2-14(6-5-11(16)17)10(15)8-13-12(18)9-4-3-7-19-9/h3-4,7H,2,5-6,8H2,1H3,(H,13,18)(H,16,17). The Morgan fingerprint density at radius 1 is 1.42 bits per heavy atom. The molecule has 0 atom stereocenters. The third-order valence-corrected chi connectivity index (χ3v) is 2.48. The van der Waals surface area contributed by atoms with Crippen molar-refractivity contribution in [2.24, 2.45) is 0 Å². The molecule has 0 unspecified atom stereocenters. The molecule has 0 fully saturated rings. The van der Waals surface area contributed by atoms with Crippen LogP contribution in [0.4, 0.5) is 0 Å². The van der Waals surface area contributed by atoms with Crippen molar-refractivity contribution in [3.63, 3.8) is 0 Å². The number of likely N-dealkylation sites (N-methyl/N-ethyl adjacent to an activating group) is 1. The van der Waals surface area contributed by atoms with E-state index in [9.17, 15) is 14.4 Å². The van der Waals surface area contributed by atoms with Crippen LogP contribution >= 0.6 is 0 Å². The Morgan fingerprint density at radius 2 is 2.16 bits per heavy atom. The van der Waals surface area contributed by atoms with Crippen LogP contribution in [0.2, 0.25) is 0 Å². The van der Waals surface area contributed by atoms with E-state index in [0.717, 1.165) is 0 Å². The highest BCUT2D eigenvalue weighted by Crippen LogP contribution is 1.99. The van der Waals surface area contributed by atoms with E-state index in [0.29, 0.717) is 6.54 Å². The summed E-state index contributed by atoms with van der Waals surface area (Å²) in [7, 11) is 0. The maximum atomic E-state index is 11.7. The van der Waals surface area contributed by atoms with Crippen LogP contribution in [-0.2, 0) is 9.59 Å². The highest BCUT2D eigenvalue weighted by molar-refractivity contribution is 5.94. The Kier molecular flexibility index (Phi) is 5.59. The molecule has 1 aromatic rings. The van der Waals surface area contributed by atoms with E-state index in [4.69, 9.17) is 9.52 Å². The number of hydrogen-bond donors (Lipinski definition) is 2. The van der Waals surface area contributed by atoms with Gasteiger partial charge in [-0.2, -0.15) is 0 Å². The van der Waals surface area contributed by atoms with E-state index in [1.54, 1.807) is 13.0 Å². The summed E-state index contributed by atoms with van der Waals surface area (Å²) in [6.07, 6.45) is 1.24. The summed E-state index contributed by atoms with van der Waals surface area (Å²) in [5.74, 6) is -1.65. The summed E-state index contributed by atoms with van der Waals surface area (Å²) in [4.78, 5) is 35.1. The lowest BCUT2D eigenvalue weighted by molar-refractivity contribution is -0.138. The number of amides is 2. The van der Waals surface area contributed by atoms with Gasteiger partial charge in [0.2, 0.25) is 5.91 Å². The van der Waals surface area contributed by atoms with Crippen molar-refractivity contribution in [3.8, 4) is 0 Å². The number of hydrogen-bond acceptors (Lipinski definition) is 4. The van der Waals surface area contributed by atoms with Crippen molar-refractivity contribution in [2.75, 3.05) is 19.6 Å². The van der Waals surface area contributed by atoms with E-state index >= 15 is 0 Å². The van der Waals surface area contributed by atoms with Gasteiger partial charge in [-0.1, -0.05) is 0 Å². The Labute approximate surface area is 110 Å². The molecule has 0 saturated heterocycles. The predicted molar refractivity (Wildman–Crippen MR) is 65.5 cm³/mol. The number of rotatable bonds is 7. The average Bonchev–Trinajstić information content (AvgIpc) is 2.90. The quantitative estimate of drug-likeness (QED) is 0.742. The highest BCUT2D eigenvalue weighted by Gasteiger charge is 2.15. The number of carboxylic acids is 1. The monoisotopic (exact) mass is 268 g/mol. The second-order valence-electron chi connectivity index (χ2n) is 3.78. The van der Waals surface area contributed by atoms with Crippen LogP contribution < -0.4 is 5.32 Å². The molecular formula is C12H16N2O5. The second kappa shape index (κ2) is 7.20. The molecule has 0 aromatic carbocycles. The molecule has 7 nitrogen and oxygen atoms in total. The van der Waals surface area contributed by atoms with E-state index in [2.05, 4.69) is 5.32 Å². The molecule has 0 radical (unpaired) electrons. The highest BCUT2D eigenvalue weighted by atomic mass is 16.4. The summed E-state index contributed by atoms with van der Waals surface area (Å²) in [5.41, 5.74) is 0. The first kappa shape index (κ1) is 14.7. The van der Waals surface area contributed by atoms with Crippen molar-refractivity contribution < 1.29 is 23.9 Å². The van der Waals surface area contributed by atoms with Crippen molar-refractivity contribution in [2.45, 2.75) is 13.3 Å². The maximum Gasteiger partial charge on any atom is 0.305 e. The maximum absolute atomic E-state index is 11.7. The third kappa shape index (κ3) is 4.82. The fourth-order valence-electron chi connectivity index (χ4n) is 1.45. The normalized spacial score (nSPS) is 9.95. The number of furan rings is 1. The average molecular weight is 268 g/mol. The Balaban J connectivity index is 2.40. The van der Waals surface area contributed by atoms with Crippen molar-refractivity contribution in [3.05, 3.63) is 24.2 Å². The van der Waals surface area contributed by atoms with Gasteiger partial charge in [0.15, 0.2) is 5.76 Å². The Bertz CT molecular complexity index is 441. The zero-order valence-corrected chi connectivity index (χ0v) is 10.6. The summed E-state index contributed by atoms with van der Waals surface area (Å²) < 4.78 is 4.88.